The molecule has 0 saturated carbocycles. The van der Waals surface area contributed by atoms with Gasteiger partial charge in [-0.25, -0.2) is 4.39 Å². The Labute approximate surface area is 118 Å². The summed E-state index contributed by atoms with van der Waals surface area (Å²) in [6.07, 6.45) is 1.26. The lowest BCUT2D eigenvalue weighted by molar-refractivity contribution is -0.140. The molecule has 2 aromatic rings. The predicted molar refractivity (Wildman–Crippen MR) is 73.5 cm³/mol. The van der Waals surface area contributed by atoms with E-state index < -0.39 is 23.1 Å². The van der Waals surface area contributed by atoms with Crippen molar-refractivity contribution < 1.29 is 18.7 Å². The van der Waals surface area contributed by atoms with E-state index in [0.717, 1.165) is 6.07 Å². The van der Waals surface area contributed by atoms with Gasteiger partial charge in [-0.2, -0.15) is 0 Å². The second-order valence-electron chi connectivity index (χ2n) is 4.30. The first-order chi connectivity index (χ1) is 10.0. The third-order valence-electron chi connectivity index (χ3n) is 2.93. The number of hydrogen-bond donors (Lipinski definition) is 2. The maximum Gasteiger partial charge on any atom is 0.307 e. The van der Waals surface area contributed by atoms with Crippen molar-refractivity contribution in [3.63, 3.8) is 0 Å². The zero-order valence-corrected chi connectivity index (χ0v) is 11.2. The van der Waals surface area contributed by atoms with Crippen LogP contribution in [0.5, 0.6) is 0 Å². The zero-order valence-electron chi connectivity index (χ0n) is 11.2. The molecule has 6 nitrogen and oxygen atoms in total. The molecule has 1 aromatic heterocycles. The number of ether oxygens (including phenoxy) is 1. The first kappa shape index (κ1) is 14.7. The average Bonchev–Trinajstić information content (AvgIpc) is 2.47. The fourth-order valence-electron chi connectivity index (χ4n) is 1.83. The van der Waals surface area contributed by atoms with Gasteiger partial charge in [-0.15, -0.1) is 0 Å². The molecule has 0 bridgehead atoms. The maximum absolute atomic E-state index is 13.2. The van der Waals surface area contributed by atoms with E-state index in [1.165, 1.54) is 25.4 Å². The Kier molecular flexibility index (Phi) is 4.32. The molecule has 0 fully saturated rings. The van der Waals surface area contributed by atoms with Gasteiger partial charge in [-0.1, -0.05) is 0 Å². The highest BCUT2D eigenvalue weighted by atomic mass is 19.1. The second kappa shape index (κ2) is 6.17. The van der Waals surface area contributed by atoms with E-state index in [4.69, 9.17) is 0 Å². The number of carbonyl (C=O) groups excluding carboxylic acids is 2. The molecular formula is C14H13FN2O4. The van der Waals surface area contributed by atoms with Gasteiger partial charge in [-0.05, 0) is 18.2 Å². The van der Waals surface area contributed by atoms with Crippen molar-refractivity contribution in [2.75, 3.05) is 13.7 Å². The molecule has 0 radical (unpaired) electrons. The van der Waals surface area contributed by atoms with E-state index in [2.05, 4.69) is 15.0 Å². The maximum atomic E-state index is 13.2. The number of fused-ring (bicyclic) bond motifs is 1. The number of halogens is 1. The Hall–Kier alpha value is -2.70. The lowest BCUT2D eigenvalue weighted by Crippen LogP contribution is -2.30. The summed E-state index contributed by atoms with van der Waals surface area (Å²) in [5, 5.41) is 2.52. The summed E-state index contributed by atoms with van der Waals surface area (Å²) in [4.78, 5) is 37.7. The average molecular weight is 292 g/mol. The van der Waals surface area contributed by atoms with Crippen molar-refractivity contribution in [3.05, 3.63) is 46.0 Å². The van der Waals surface area contributed by atoms with Crippen LogP contribution < -0.4 is 10.7 Å². The third-order valence-corrected chi connectivity index (χ3v) is 2.93. The number of amides is 1. The second-order valence-corrected chi connectivity index (χ2v) is 4.30. The van der Waals surface area contributed by atoms with Crippen molar-refractivity contribution in [1.82, 2.24) is 10.3 Å². The Morgan fingerprint density at radius 1 is 1.38 bits per heavy atom. The number of hydrogen-bond acceptors (Lipinski definition) is 4. The molecule has 0 aliphatic rings. The van der Waals surface area contributed by atoms with Gasteiger partial charge in [-0.3, -0.25) is 14.4 Å². The van der Waals surface area contributed by atoms with Gasteiger partial charge >= 0.3 is 5.97 Å². The number of rotatable bonds is 4. The van der Waals surface area contributed by atoms with Crippen LogP contribution in [0.15, 0.2) is 29.2 Å². The Morgan fingerprint density at radius 3 is 2.86 bits per heavy atom. The van der Waals surface area contributed by atoms with Crippen LogP contribution in [-0.2, 0) is 9.53 Å². The summed E-state index contributed by atoms with van der Waals surface area (Å²) < 4.78 is 17.6. The van der Waals surface area contributed by atoms with Gasteiger partial charge in [0.2, 0.25) is 5.43 Å². The van der Waals surface area contributed by atoms with Crippen molar-refractivity contribution >= 4 is 22.8 Å². The lowest BCUT2D eigenvalue weighted by Gasteiger charge is -2.05. The molecule has 0 saturated heterocycles. The summed E-state index contributed by atoms with van der Waals surface area (Å²) >= 11 is 0. The van der Waals surface area contributed by atoms with Crippen LogP contribution >= 0.6 is 0 Å². The molecule has 1 heterocycles. The molecule has 21 heavy (non-hydrogen) atoms. The van der Waals surface area contributed by atoms with Crippen molar-refractivity contribution in [2.24, 2.45) is 0 Å². The Morgan fingerprint density at radius 2 is 2.14 bits per heavy atom. The molecule has 2 rings (SSSR count). The molecule has 0 atom stereocenters. The Bertz CT molecular complexity index is 754. The van der Waals surface area contributed by atoms with E-state index in [1.54, 1.807) is 0 Å². The van der Waals surface area contributed by atoms with Crippen molar-refractivity contribution in [1.29, 1.82) is 0 Å². The van der Waals surface area contributed by atoms with E-state index in [9.17, 15) is 18.8 Å². The number of aromatic nitrogens is 1. The normalized spacial score (nSPS) is 10.4. The molecule has 0 aliphatic carbocycles. The highest BCUT2D eigenvalue weighted by molar-refractivity contribution is 5.97. The van der Waals surface area contributed by atoms with Crippen molar-refractivity contribution in [2.45, 2.75) is 6.42 Å². The Balaban J connectivity index is 2.22. The minimum absolute atomic E-state index is 0.00234. The summed E-state index contributed by atoms with van der Waals surface area (Å²) in [5.41, 5.74) is -0.274. The first-order valence-corrected chi connectivity index (χ1v) is 6.19. The van der Waals surface area contributed by atoms with E-state index in [1.807, 2.05) is 0 Å². The molecule has 1 amide bonds. The van der Waals surface area contributed by atoms with Crippen LogP contribution in [0.25, 0.3) is 10.9 Å². The summed E-state index contributed by atoms with van der Waals surface area (Å²) in [7, 11) is 1.24. The molecule has 0 unspecified atom stereocenters. The van der Waals surface area contributed by atoms with Crippen molar-refractivity contribution in [3.8, 4) is 0 Å². The van der Waals surface area contributed by atoms with Crippen LogP contribution in [0, 0.1) is 5.82 Å². The number of nitrogens with one attached hydrogen (secondary N) is 2. The number of methoxy groups -OCH3 is 1. The van der Waals surface area contributed by atoms with Gasteiger partial charge < -0.3 is 15.0 Å². The highest BCUT2D eigenvalue weighted by Gasteiger charge is 2.13. The standard InChI is InChI=1S/C14H13FN2O4/c1-21-12(18)4-5-16-14(20)10-7-17-11-3-2-8(15)6-9(11)13(10)19/h2-3,6-7H,4-5H2,1H3,(H,16,20)(H,17,19). The van der Waals surface area contributed by atoms with Crippen LogP contribution in [0.4, 0.5) is 4.39 Å². The number of aromatic amines is 1. The third kappa shape index (κ3) is 3.25. The summed E-state index contributed by atoms with van der Waals surface area (Å²) in [6, 6.07) is 3.71. The van der Waals surface area contributed by atoms with Crippen LogP contribution in [0.1, 0.15) is 16.8 Å². The van der Waals surface area contributed by atoms with E-state index >= 15 is 0 Å². The highest BCUT2D eigenvalue weighted by Crippen LogP contribution is 2.10. The first-order valence-electron chi connectivity index (χ1n) is 6.19. The van der Waals surface area contributed by atoms with Crippen LogP contribution in [0.3, 0.4) is 0 Å². The smallest absolute Gasteiger partial charge is 0.307 e. The number of pyridine rings is 1. The molecule has 7 heteroatoms. The topological polar surface area (TPSA) is 88.3 Å². The minimum Gasteiger partial charge on any atom is -0.469 e. The van der Waals surface area contributed by atoms with Gasteiger partial charge in [0, 0.05) is 23.6 Å². The van der Waals surface area contributed by atoms with Gasteiger partial charge in [0.25, 0.3) is 5.91 Å². The van der Waals surface area contributed by atoms with Crippen LogP contribution in [-0.4, -0.2) is 30.5 Å². The van der Waals surface area contributed by atoms with Gasteiger partial charge in [0.15, 0.2) is 0 Å². The SMILES string of the molecule is COC(=O)CCNC(=O)c1c[nH]c2ccc(F)cc2c1=O. The van der Waals surface area contributed by atoms with E-state index in [-0.39, 0.29) is 23.9 Å². The van der Waals surface area contributed by atoms with Gasteiger partial charge in [0.1, 0.15) is 11.4 Å². The molecule has 110 valence electrons. The number of carbonyl (C=O) groups is 2. The predicted octanol–water partition coefficient (Wildman–Crippen LogP) is 0.960. The minimum atomic E-state index is -0.633. The molecular weight excluding hydrogens is 279 g/mol. The fourth-order valence-corrected chi connectivity index (χ4v) is 1.83. The molecule has 1 aromatic carbocycles. The fraction of sp³-hybridized carbons (Fsp3) is 0.214. The number of benzene rings is 1. The van der Waals surface area contributed by atoms with E-state index in [0.29, 0.717) is 5.52 Å². The molecule has 0 aliphatic heterocycles. The molecule has 2 N–H and O–H groups in total. The lowest BCUT2D eigenvalue weighted by atomic mass is 10.1. The monoisotopic (exact) mass is 292 g/mol. The van der Waals surface area contributed by atoms with Crippen LogP contribution in [0.2, 0.25) is 0 Å². The quantitative estimate of drug-likeness (QED) is 0.822. The summed E-state index contributed by atoms with van der Waals surface area (Å²) in [5.74, 6) is -1.66. The molecule has 0 spiro atoms. The van der Waals surface area contributed by atoms with Gasteiger partial charge in [0.05, 0.1) is 13.5 Å². The number of H-pyrrole nitrogens is 1. The summed E-state index contributed by atoms with van der Waals surface area (Å²) in [6.45, 7) is 0.0478. The number of esters is 1. The zero-order chi connectivity index (χ0) is 15.4. The largest absolute Gasteiger partial charge is 0.469 e.